The third-order valence-corrected chi connectivity index (χ3v) is 5.26. The molecular formula is C23H29N3. The molecule has 136 valence electrons. The number of nitrogen functional groups attached to an aromatic ring is 1. The van der Waals surface area contributed by atoms with Crippen LogP contribution in [0.4, 0.5) is 11.4 Å². The Morgan fingerprint density at radius 1 is 1.12 bits per heavy atom. The van der Waals surface area contributed by atoms with E-state index in [4.69, 9.17) is 5.73 Å². The molecule has 0 amide bonds. The van der Waals surface area contributed by atoms with E-state index in [1.807, 2.05) is 12.1 Å². The van der Waals surface area contributed by atoms with E-state index in [1.165, 1.54) is 23.1 Å². The molecule has 1 atom stereocenters. The van der Waals surface area contributed by atoms with E-state index in [2.05, 4.69) is 67.6 Å². The molecule has 1 aliphatic heterocycles. The third-order valence-electron chi connectivity index (χ3n) is 5.26. The topological polar surface area (TPSA) is 41.3 Å². The van der Waals surface area contributed by atoms with Crippen molar-refractivity contribution in [1.29, 1.82) is 0 Å². The summed E-state index contributed by atoms with van der Waals surface area (Å²) in [5, 5.41) is 3.51. The Bertz CT molecular complexity index is 805. The second-order valence-corrected chi connectivity index (χ2v) is 7.29. The summed E-state index contributed by atoms with van der Waals surface area (Å²) in [6.45, 7) is 14.0. The highest BCUT2D eigenvalue weighted by Crippen LogP contribution is 2.29. The number of nitrogens with one attached hydrogen (secondary N) is 1. The second kappa shape index (κ2) is 7.69. The van der Waals surface area contributed by atoms with Crippen molar-refractivity contribution in [3.05, 3.63) is 83.7 Å². The molecule has 1 unspecified atom stereocenters. The zero-order chi connectivity index (χ0) is 18.7. The van der Waals surface area contributed by atoms with E-state index in [9.17, 15) is 0 Å². The number of likely N-dealkylation sites (tertiary alicyclic amines) is 1. The number of allylic oxidation sites excluding steroid dienone is 1. The summed E-state index contributed by atoms with van der Waals surface area (Å²) in [6.07, 6.45) is 3.12. The van der Waals surface area contributed by atoms with Crippen molar-refractivity contribution in [3.8, 4) is 0 Å². The van der Waals surface area contributed by atoms with Gasteiger partial charge in [0.15, 0.2) is 0 Å². The molecule has 2 aromatic rings. The van der Waals surface area contributed by atoms with Crippen LogP contribution in [0.5, 0.6) is 0 Å². The molecule has 1 aliphatic rings. The smallest absolute Gasteiger partial charge is 0.0683 e. The number of hydrogen-bond acceptors (Lipinski definition) is 3. The van der Waals surface area contributed by atoms with Crippen molar-refractivity contribution < 1.29 is 0 Å². The number of aryl methyl sites for hydroxylation is 2. The summed E-state index contributed by atoms with van der Waals surface area (Å²) in [5.41, 5.74) is 13.7. The van der Waals surface area contributed by atoms with E-state index in [0.717, 1.165) is 42.2 Å². The lowest BCUT2D eigenvalue weighted by atomic mass is 10.1. The van der Waals surface area contributed by atoms with Crippen LogP contribution in [0.2, 0.25) is 0 Å². The van der Waals surface area contributed by atoms with Gasteiger partial charge in [-0.05, 0) is 67.6 Å². The molecule has 0 saturated carbocycles. The minimum atomic E-state index is 0.290. The van der Waals surface area contributed by atoms with E-state index in [0.29, 0.717) is 0 Å². The normalized spacial score (nSPS) is 16.5. The lowest BCUT2D eigenvalue weighted by molar-refractivity contribution is 0.350. The highest BCUT2D eigenvalue weighted by Gasteiger charge is 2.27. The molecule has 0 spiro atoms. The fourth-order valence-corrected chi connectivity index (χ4v) is 3.57. The van der Waals surface area contributed by atoms with Crippen LogP contribution in [0.25, 0.3) is 0 Å². The average Bonchev–Trinajstić information content (AvgIpc) is 3.10. The van der Waals surface area contributed by atoms with Crippen molar-refractivity contribution in [2.75, 3.05) is 17.6 Å². The number of nitrogens with two attached hydrogens (primary N) is 1. The molecule has 3 rings (SSSR count). The Morgan fingerprint density at radius 3 is 2.54 bits per heavy atom. The minimum absolute atomic E-state index is 0.290. The number of rotatable bonds is 6. The van der Waals surface area contributed by atoms with Crippen molar-refractivity contribution >= 4 is 11.4 Å². The lowest BCUT2D eigenvalue weighted by Gasteiger charge is -2.30. The van der Waals surface area contributed by atoms with Crippen molar-refractivity contribution in [2.45, 2.75) is 39.2 Å². The van der Waals surface area contributed by atoms with Gasteiger partial charge in [0.2, 0.25) is 0 Å². The van der Waals surface area contributed by atoms with Gasteiger partial charge in [-0.2, -0.15) is 0 Å². The molecule has 0 aromatic heterocycles. The average molecular weight is 348 g/mol. The number of hydrogen-bond donors (Lipinski definition) is 2. The first kappa shape index (κ1) is 18.1. The predicted octanol–water partition coefficient (Wildman–Crippen LogP) is 5.03. The van der Waals surface area contributed by atoms with Crippen LogP contribution in [0.15, 0.2) is 67.0 Å². The second-order valence-electron chi connectivity index (χ2n) is 7.29. The summed E-state index contributed by atoms with van der Waals surface area (Å²) in [7, 11) is 0. The van der Waals surface area contributed by atoms with Gasteiger partial charge in [0, 0.05) is 35.7 Å². The van der Waals surface area contributed by atoms with Gasteiger partial charge in [0.1, 0.15) is 0 Å². The number of nitrogens with zero attached hydrogens (tertiary/aromatic N) is 1. The zero-order valence-electron chi connectivity index (χ0n) is 15.9. The minimum Gasteiger partial charge on any atom is -0.399 e. The van der Waals surface area contributed by atoms with Crippen LogP contribution >= 0.6 is 0 Å². The third kappa shape index (κ3) is 4.10. The van der Waals surface area contributed by atoms with Crippen molar-refractivity contribution in [1.82, 2.24) is 4.90 Å². The summed E-state index contributed by atoms with van der Waals surface area (Å²) in [6, 6.07) is 14.8. The van der Waals surface area contributed by atoms with Gasteiger partial charge in [-0.15, -0.1) is 0 Å². The quantitative estimate of drug-likeness (QED) is 0.720. The lowest BCUT2D eigenvalue weighted by Crippen LogP contribution is -2.32. The molecule has 0 radical (unpaired) electrons. The van der Waals surface area contributed by atoms with Crippen LogP contribution in [-0.4, -0.2) is 17.5 Å². The fraction of sp³-hybridized carbons (Fsp3) is 0.304. The van der Waals surface area contributed by atoms with Crippen LogP contribution < -0.4 is 11.1 Å². The summed E-state index contributed by atoms with van der Waals surface area (Å²) >= 11 is 0. The largest absolute Gasteiger partial charge is 0.399 e. The van der Waals surface area contributed by atoms with Crippen molar-refractivity contribution in [2.24, 2.45) is 0 Å². The number of anilines is 2. The molecule has 1 heterocycles. The van der Waals surface area contributed by atoms with E-state index in [1.54, 1.807) is 0 Å². The Labute approximate surface area is 157 Å². The van der Waals surface area contributed by atoms with Crippen LogP contribution in [0, 0.1) is 13.8 Å². The zero-order valence-corrected chi connectivity index (χ0v) is 15.9. The van der Waals surface area contributed by atoms with Gasteiger partial charge in [-0.25, -0.2) is 0 Å². The Hall–Kier alpha value is -2.68. The van der Waals surface area contributed by atoms with Crippen LogP contribution in [-0.2, 0) is 6.42 Å². The monoisotopic (exact) mass is 347 g/mol. The SMILES string of the molecule is C=C(Nc1ccc(C)c(C)c1)C1CCCN1C(=C)Cc1ccc(N)cc1. The molecule has 3 nitrogen and oxygen atoms in total. The first-order valence-corrected chi connectivity index (χ1v) is 9.26. The molecule has 0 aliphatic carbocycles. The van der Waals surface area contributed by atoms with Gasteiger partial charge in [0.05, 0.1) is 6.04 Å². The maximum Gasteiger partial charge on any atom is 0.0683 e. The summed E-state index contributed by atoms with van der Waals surface area (Å²) in [4.78, 5) is 2.40. The summed E-state index contributed by atoms with van der Waals surface area (Å²) in [5.74, 6) is 0. The fourth-order valence-electron chi connectivity index (χ4n) is 3.57. The van der Waals surface area contributed by atoms with Gasteiger partial charge < -0.3 is 16.0 Å². The van der Waals surface area contributed by atoms with Gasteiger partial charge >= 0.3 is 0 Å². The van der Waals surface area contributed by atoms with Crippen LogP contribution in [0.1, 0.15) is 29.5 Å². The number of benzene rings is 2. The van der Waals surface area contributed by atoms with E-state index < -0.39 is 0 Å². The van der Waals surface area contributed by atoms with E-state index >= 15 is 0 Å². The van der Waals surface area contributed by atoms with E-state index in [-0.39, 0.29) is 6.04 Å². The molecule has 3 N–H and O–H groups in total. The first-order chi connectivity index (χ1) is 12.4. The molecule has 26 heavy (non-hydrogen) atoms. The Kier molecular flexibility index (Phi) is 5.36. The Morgan fingerprint density at radius 2 is 1.85 bits per heavy atom. The molecule has 2 aromatic carbocycles. The highest BCUT2D eigenvalue weighted by molar-refractivity contribution is 5.52. The maximum absolute atomic E-state index is 5.78. The van der Waals surface area contributed by atoms with Gasteiger partial charge in [0.25, 0.3) is 0 Å². The molecule has 1 saturated heterocycles. The standard InChI is InChI=1S/C23H29N3/c1-16-7-12-22(14-17(16)2)25-19(4)23-6-5-13-26(23)18(3)15-20-8-10-21(24)11-9-20/h7-12,14,23,25H,3-6,13,15,24H2,1-2H3. The predicted molar refractivity (Wildman–Crippen MR) is 112 cm³/mol. The van der Waals surface area contributed by atoms with Crippen molar-refractivity contribution in [3.63, 3.8) is 0 Å². The highest BCUT2D eigenvalue weighted by atomic mass is 15.2. The molecule has 0 bridgehead atoms. The Balaban J connectivity index is 1.66. The first-order valence-electron chi connectivity index (χ1n) is 9.26. The molecule has 1 fully saturated rings. The van der Waals surface area contributed by atoms with Crippen LogP contribution in [0.3, 0.4) is 0 Å². The molecular weight excluding hydrogens is 318 g/mol. The van der Waals surface area contributed by atoms with Gasteiger partial charge in [-0.1, -0.05) is 31.4 Å². The molecule has 3 heteroatoms. The van der Waals surface area contributed by atoms with Gasteiger partial charge in [-0.3, -0.25) is 0 Å². The maximum atomic E-state index is 5.78. The summed E-state index contributed by atoms with van der Waals surface area (Å²) < 4.78 is 0.